The van der Waals surface area contributed by atoms with Gasteiger partial charge in [0.1, 0.15) is 0 Å². The first-order valence-corrected chi connectivity index (χ1v) is 3.56. The average molecular weight is 144 g/mol. The molecule has 0 heterocycles. The third kappa shape index (κ3) is 7.77. The summed E-state index contributed by atoms with van der Waals surface area (Å²) >= 11 is 5.27. The molecule has 0 N–H and O–H groups in total. The van der Waals surface area contributed by atoms with Gasteiger partial charge < -0.3 is 0 Å². The minimum atomic E-state index is 1.01. The van der Waals surface area contributed by atoms with Crippen molar-refractivity contribution >= 4 is 11.6 Å². The third-order valence-electron chi connectivity index (χ3n) is 0.941. The van der Waals surface area contributed by atoms with Gasteiger partial charge in [-0.05, 0) is 12.8 Å². The Labute approximate surface area is 62.2 Å². The summed E-state index contributed by atoms with van der Waals surface area (Å²) < 4.78 is 0. The molecular weight excluding hydrogens is 132 g/mol. The predicted octanol–water partition coefficient (Wildman–Crippen LogP) is 3.30. The Morgan fingerprint density at radius 2 is 2.11 bits per heavy atom. The highest BCUT2D eigenvalue weighted by atomic mass is 35.5. The Balaban J connectivity index is 3.04. The molecule has 51 valence electrons. The van der Waals surface area contributed by atoms with Crippen LogP contribution in [0.4, 0.5) is 0 Å². The molecule has 0 fully saturated rings. The lowest BCUT2D eigenvalue weighted by atomic mass is 10.2. The fourth-order valence-corrected chi connectivity index (χ4v) is 0.563. The highest BCUT2D eigenvalue weighted by Crippen LogP contribution is 1.94. The maximum absolute atomic E-state index is 5.27. The number of unbranched alkanes of at least 4 members (excludes halogenated alkanes) is 2. The Morgan fingerprint density at radius 1 is 1.33 bits per heavy atom. The summed E-state index contributed by atoms with van der Waals surface area (Å²) in [4.78, 5) is 0. The Kier molecular flexibility index (Phi) is 7.57. The number of hydrogen-bond acceptors (Lipinski definition) is 0. The smallest absolute Gasteiger partial charge is 0.00423 e. The van der Waals surface area contributed by atoms with Gasteiger partial charge in [-0.3, -0.25) is 0 Å². The van der Waals surface area contributed by atoms with Crippen molar-refractivity contribution in [3.8, 4) is 0 Å². The molecule has 0 aliphatic heterocycles. The van der Waals surface area contributed by atoms with E-state index in [1.807, 2.05) is 12.2 Å². The first kappa shape index (κ1) is 8.77. The van der Waals surface area contributed by atoms with Crippen LogP contribution in [-0.4, -0.2) is 0 Å². The second-order valence-electron chi connectivity index (χ2n) is 1.74. The molecule has 0 aromatic heterocycles. The first-order valence-electron chi connectivity index (χ1n) is 3.13. The fourth-order valence-electron chi connectivity index (χ4n) is 0.479. The van der Waals surface area contributed by atoms with Gasteiger partial charge in [-0.15, -0.1) is 0 Å². The first-order chi connectivity index (χ1) is 4.41. The van der Waals surface area contributed by atoms with Crippen molar-refractivity contribution in [2.24, 2.45) is 0 Å². The van der Waals surface area contributed by atoms with E-state index in [2.05, 4.69) is 13.0 Å². The zero-order valence-electron chi connectivity index (χ0n) is 5.52. The normalized spacial score (nSPS) is 11.8. The van der Waals surface area contributed by atoms with Gasteiger partial charge in [0.15, 0.2) is 0 Å². The molecule has 0 aliphatic carbocycles. The highest BCUT2D eigenvalue weighted by Gasteiger charge is 1.74. The molecule has 1 heteroatoms. The van der Waals surface area contributed by atoms with E-state index in [1.54, 1.807) is 0 Å². The predicted molar refractivity (Wildman–Crippen MR) is 43.3 cm³/mol. The van der Waals surface area contributed by atoms with Gasteiger partial charge in [-0.25, -0.2) is 0 Å². The lowest BCUT2D eigenvalue weighted by molar-refractivity contribution is 0.866. The molecule has 0 aromatic carbocycles. The van der Waals surface area contributed by atoms with Gasteiger partial charge in [0.05, 0.1) is 0 Å². The topological polar surface area (TPSA) is 0 Å². The molecule has 0 atom stereocenters. The number of rotatable bonds is 4. The van der Waals surface area contributed by atoms with Crippen molar-refractivity contribution in [2.45, 2.75) is 19.3 Å². The third-order valence-corrected chi connectivity index (χ3v) is 1.09. The van der Waals surface area contributed by atoms with E-state index in [1.165, 1.54) is 5.54 Å². The van der Waals surface area contributed by atoms with Crippen LogP contribution in [0.5, 0.6) is 0 Å². The molecule has 0 saturated carbocycles. The van der Waals surface area contributed by atoms with Crippen LogP contribution in [0.3, 0.4) is 0 Å². The monoisotopic (exact) mass is 143 g/mol. The summed E-state index contributed by atoms with van der Waals surface area (Å²) in [5, 5.41) is 0. The molecule has 0 aliphatic rings. The van der Waals surface area contributed by atoms with Crippen LogP contribution in [0.25, 0.3) is 0 Å². The fraction of sp³-hybridized carbons (Fsp3) is 0.375. The van der Waals surface area contributed by atoms with Crippen molar-refractivity contribution in [3.05, 3.63) is 30.7 Å². The highest BCUT2D eigenvalue weighted by molar-refractivity contribution is 6.25. The van der Waals surface area contributed by atoms with Crippen molar-refractivity contribution in [3.63, 3.8) is 0 Å². The molecule has 0 nitrogen and oxygen atoms in total. The number of halogens is 1. The van der Waals surface area contributed by atoms with Gasteiger partial charge in [-0.2, -0.15) is 0 Å². The van der Waals surface area contributed by atoms with Gasteiger partial charge in [0.2, 0.25) is 0 Å². The van der Waals surface area contributed by atoms with E-state index < -0.39 is 0 Å². The van der Waals surface area contributed by atoms with Crippen molar-refractivity contribution < 1.29 is 0 Å². The van der Waals surface area contributed by atoms with Gasteiger partial charge in [0, 0.05) is 5.54 Å². The van der Waals surface area contributed by atoms with Crippen molar-refractivity contribution in [2.75, 3.05) is 0 Å². The Bertz CT molecular complexity index is 92.7. The van der Waals surface area contributed by atoms with Crippen LogP contribution >= 0.6 is 11.6 Å². The van der Waals surface area contributed by atoms with Crippen LogP contribution in [0.15, 0.2) is 23.8 Å². The Morgan fingerprint density at radius 3 is 2.67 bits per heavy atom. The van der Waals surface area contributed by atoms with E-state index in [4.69, 9.17) is 11.6 Å². The number of hydrogen-bond donors (Lipinski definition) is 0. The van der Waals surface area contributed by atoms with E-state index in [0.29, 0.717) is 0 Å². The standard InChI is InChI=1S/C8H12Cl/c1-2-3-4-5-6-7-8-9/h5-8H,1-4H2. The molecule has 0 amide bonds. The van der Waals surface area contributed by atoms with Crippen LogP contribution < -0.4 is 0 Å². The van der Waals surface area contributed by atoms with E-state index >= 15 is 0 Å². The summed E-state index contributed by atoms with van der Waals surface area (Å²) in [7, 11) is 0. The molecule has 0 rings (SSSR count). The molecule has 0 aromatic rings. The van der Waals surface area contributed by atoms with Crippen LogP contribution in [-0.2, 0) is 0 Å². The van der Waals surface area contributed by atoms with E-state index in [9.17, 15) is 0 Å². The summed E-state index contributed by atoms with van der Waals surface area (Å²) in [6.45, 7) is 3.73. The maximum Gasteiger partial charge on any atom is 0.00423 e. The summed E-state index contributed by atoms with van der Waals surface area (Å²) in [5.41, 5.74) is 1.50. The molecule has 0 spiro atoms. The second-order valence-corrected chi connectivity index (χ2v) is 1.99. The van der Waals surface area contributed by atoms with Gasteiger partial charge >= 0.3 is 0 Å². The van der Waals surface area contributed by atoms with Gasteiger partial charge in [-0.1, -0.05) is 43.2 Å². The molecular formula is C8H12Cl. The minimum Gasteiger partial charge on any atom is -0.0930 e. The molecule has 0 unspecified atom stereocenters. The zero-order chi connectivity index (χ0) is 6.95. The quantitative estimate of drug-likeness (QED) is 0.419. The van der Waals surface area contributed by atoms with Crippen LogP contribution in [0, 0.1) is 6.92 Å². The lowest BCUT2D eigenvalue weighted by Crippen LogP contribution is -1.64. The van der Waals surface area contributed by atoms with Crippen LogP contribution in [0.2, 0.25) is 0 Å². The van der Waals surface area contributed by atoms with Crippen molar-refractivity contribution in [1.82, 2.24) is 0 Å². The van der Waals surface area contributed by atoms with E-state index in [-0.39, 0.29) is 0 Å². The molecule has 1 radical (unpaired) electrons. The summed E-state index contributed by atoms with van der Waals surface area (Å²) in [6, 6.07) is 0. The average Bonchev–Trinajstić information content (AvgIpc) is 1.89. The molecule has 9 heavy (non-hydrogen) atoms. The second kappa shape index (κ2) is 7.77. The number of allylic oxidation sites excluding steroid dienone is 3. The molecule has 0 bridgehead atoms. The zero-order valence-corrected chi connectivity index (χ0v) is 6.27. The maximum atomic E-state index is 5.27. The largest absolute Gasteiger partial charge is 0.0930 e. The Hall–Kier alpha value is -0.230. The SMILES string of the molecule is [CH2]CCCC=CC=CCl. The minimum absolute atomic E-state index is 1.01. The van der Waals surface area contributed by atoms with Crippen LogP contribution in [0.1, 0.15) is 19.3 Å². The molecule has 0 saturated heterocycles. The summed E-state index contributed by atoms with van der Waals surface area (Å²) in [5.74, 6) is 0. The van der Waals surface area contributed by atoms with Crippen molar-refractivity contribution in [1.29, 1.82) is 0 Å². The van der Waals surface area contributed by atoms with E-state index in [0.717, 1.165) is 19.3 Å². The summed E-state index contributed by atoms with van der Waals surface area (Å²) in [6.07, 6.45) is 9.11. The lowest BCUT2D eigenvalue weighted by Gasteiger charge is -1.84. The van der Waals surface area contributed by atoms with Gasteiger partial charge in [0.25, 0.3) is 0 Å².